The minimum atomic E-state index is -1.52. The first-order valence-corrected chi connectivity index (χ1v) is 6.50. The Balaban J connectivity index is 2.20. The van der Waals surface area contributed by atoms with Crippen LogP contribution in [0.4, 0.5) is 30.5 Å². The number of hydrogen-bond acceptors (Lipinski definition) is 4. The van der Waals surface area contributed by atoms with Crippen LogP contribution in [-0.4, -0.2) is 16.0 Å². The van der Waals surface area contributed by atoms with Gasteiger partial charge in [0.15, 0.2) is 17.5 Å². The predicted molar refractivity (Wildman–Crippen MR) is 75.0 cm³/mol. The number of rotatable bonds is 5. The van der Waals surface area contributed by atoms with E-state index in [4.69, 9.17) is 0 Å². The Morgan fingerprint density at radius 2 is 1.81 bits per heavy atom. The second-order valence-electron chi connectivity index (χ2n) is 4.59. The molecule has 0 radical (unpaired) electrons. The van der Waals surface area contributed by atoms with E-state index in [1.807, 2.05) is 13.8 Å². The molecule has 2 aromatic rings. The first-order chi connectivity index (χ1) is 10.0. The largest absolute Gasteiger partial charge is 0.367 e. The Morgan fingerprint density at radius 1 is 1.10 bits per heavy atom. The maximum absolute atomic E-state index is 13.6. The Morgan fingerprint density at radius 3 is 2.52 bits per heavy atom. The minimum Gasteiger partial charge on any atom is -0.367 e. The lowest BCUT2D eigenvalue weighted by Crippen LogP contribution is -2.14. The summed E-state index contributed by atoms with van der Waals surface area (Å²) in [4.78, 5) is 7.95. The van der Waals surface area contributed by atoms with Crippen LogP contribution in [0, 0.1) is 17.5 Å². The summed E-state index contributed by atoms with van der Waals surface area (Å²) in [7, 11) is 0. The SMILES string of the molecule is CCC(C)Nc1cc(Nc2ccc(F)c(F)c2F)ncn1. The van der Waals surface area contributed by atoms with Crippen molar-refractivity contribution in [1.82, 2.24) is 9.97 Å². The molecule has 1 aromatic heterocycles. The molecule has 4 nitrogen and oxygen atoms in total. The van der Waals surface area contributed by atoms with Crippen LogP contribution in [0.1, 0.15) is 20.3 Å². The molecule has 0 saturated heterocycles. The van der Waals surface area contributed by atoms with Gasteiger partial charge in [0.25, 0.3) is 0 Å². The summed E-state index contributed by atoms with van der Waals surface area (Å²) >= 11 is 0. The van der Waals surface area contributed by atoms with E-state index < -0.39 is 17.5 Å². The van der Waals surface area contributed by atoms with Gasteiger partial charge in [-0.1, -0.05) is 6.92 Å². The summed E-state index contributed by atoms with van der Waals surface area (Å²) in [5, 5.41) is 5.73. The first kappa shape index (κ1) is 15.1. The van der Waals surface area contributed by atoms with E-state index in [-0.39, 0.29) is 17.5 Å². The zero-order chi connectivity index (χ0) is 15.4. The molecule has 0 fully saturated rings. The van der Waals surface area contributed by atoms with E-state index in [9.17, 15) is 13.2 Å². The van der Waals surface area contributed by atoms with Crippen LogP contribution in [0.5, 0.6) is 0 Å². The number of benzene rings is 1. The number of nitrogens with zero attached hydrogens (tertiary/aromatic N) is 2. The highest BCUT2D eigenvalue weighted by atomic mass is 19.2. The molecule has 0 saturated carbocycles. The molecule has 1 atom stereocenters. The van der Waals surface area contributed by atoms with Crippen molar-refractivity contribution in [2.24, 2.45) is 0 Å². The van der Waals surface area contributed by atoms with Crippen molar-refractivity contribution in [2.75, 3.05) is 10.6 Å². The first-order valence-electron chi connectivity index (χ1n) is 6.50. The van der Waals surface area contributed by atoms with Gasteiger partial charge in [0.1, 0.15) is 18.0 Å². The van der Waals surface area contributed by atoms with Crippen LogP contribution in [-0.2, 0) is 0 Å². The summed E-state index contributed by atoms with van der Waals surface area (Å²) in [5.74, 6) is -3.21. The van der Waals surface area contributed by atoms with E-state index in [2.05, 4.69) is 20.6 Å². The summed E-state index contributed by atoms with van der Waals surface area (Å²) in [6.45, 7) is 4.01. The maximum Gasteiger partial charge on any atom is 0.196 e. The molecule has 0 aliphatic rings. The van der Waals surface area contributed by atoms with Crippen LogP contribution < -0.4 is 10.6 Å². The fourth-order valence-corrected chi connectivity index (χ4v) is 1.62. The molecule has 2 N–H and O–H groups in total. The third-order valence-corrected chi connectivity index (χ3v) is 2.97. The Hall–Kier alpha value is -2.31. The van der Waals surface area contributed by atoms with Gasteiger partial charge >= 0.3 is 0 Å². The van der Waals surface area contributed by atoms with Crippen molar-refractivity contribution in [3.63, 3.8) is 0 Å². The predicted octanol–water partition coefficient (Wildman–Crippen LogP) is 3.85. The molecule has 7 heteroatoms. The van der Waals surface area contributed by atoms with Crippen molar-refractivity contribution in [3.8, 4) is 0 Å². The topological polar surface area (TPSA) is 49.8 Å². The average Bonchev–Trinajstić information content (AvgIpc) is 2.48. The normalized spacial score (nSPS) is 12.0. The van der Waals surface area contributed by atoms with Crippen molar-refractivity contribution in [1.29, 1.82) is 0 Å². The lowest BCUT2D eigenvalue weighted by atomic mass is 10.2. The van der Waals surface area contributed by atoms with Crippen LogP contribution in [0.3, 0.4) is 0 Å². The molecule has 1 aromatic carbocycles. The van der Waals surface area contributed by atoms with Gasteiger partial charge in [-0.05, 0) is 25.5 Å². The minimum absolute atomic E-state index is 0.193. The van der Waals surface area contributed by atoms with Crippen LogP contribution in [0.15, 0.2) is 24.5 Å². The molecular formula is C14H15F3N4. The number of halogens is 3. The van der Waals surface area contributed by atoms with E-state index >= 15 is 0 Å². The third-order valence-electron chi connectivity index (χ3n) is 2.97. The summed E-state index contributed by atoms with van der Waals surface area (Å²) < 4.78 is 39.6. The van der Waals surface area contributed by atoms with Crippen LogP contribution in [0.25, 0.3) is 0 Å². The zero-order valence-corrected chi connectivity index (χ0v) is 11.6. The molecule has 2 rings (SSSR count). The van der Waals surface area contributed by atoms with Gasteiger partial charge in [0.2, 0.25) is 0 Å². The highest BCUT2D eigenvalue weighted by molar-refractivity contribution is 5.59. The summed E-state index contributed by atoms with van der Waals surface area (Å²) in [6.07, 6.45) is 2.20. The Bertz CT molecular complexity index is 634. The van der Waals surface area contributed by atoms with Gasteiger partial charge < -0.3 is 10.6 Å². The number of hydrogen-bond donors (Lipinski definition) is 2. The quantitative estimate of drug-likeness (QED) is 0.823. The van der Waals surface area contributed by atoms with E-state index in [1.54, 1.807) is 6.07 Å². The smallest absolute Gasteiger partial charge is 0.196 e. The molecule has 0 aliphatic carbocycles. The van der Waals surface area contributed by atoms with Gasteiger partial charge in [-0.3, -0.25) is 0 Å². The number of anilines is 3. The lowest BCUT2D eigenvalue weighted by molar-refractivity contribution is 0.449. The third kappa shape index (κ3) is 3.62. The molecule has 0 aliphatic heterocycles. The lowest BCUT2D eigenvalue weighted by Gasteiger charge is -2.13. The molecule has 1 unspecified atom stereocenters. The van der Waals surface area contributed by atoms with Gasteiger partial charge in [0, 0.05) is 12.1 Å². The molecule has 1 heterocycles. The second-order valence-corrected chi connectivity index (χ2v) is 4.59. The van der Waals surface area contributed by atoms with E-state index in [0.29, 0.717) is 5.82 Å². The molecule has 112 valence electrons. The molecule has 0 bridgehead atoms. The van der Waals surface area contributed by atoms with Gasteiger partial charge in [-0.2, -0.15) is 0 Å². The standard InChI is InChI=1S/C14H15F3N4/c1-3-8(2)20-11-6-12(19-7-18-11)21-10-5-4-9(15)13(16)14(10)17/h4-8H,3H2,1-2H3,(H2,18,19,20,21). The van der Waals surface area contributed by atoms with E-state index in [0.717, 1.165) is 18.6 Å². The zero-order valence-electron chi connectivity index (χ0n) is 11.6. The monoisotopic (exact) mass is 296 g/mol. The van der Waals surface area contributed by atoms with Crippen molar-refractivity contribution < 1.29 is 13.2 Å². The number of nitrogens with one attached hydrogen (secondary N) is 2. The second kappa shape index (κ2) is 6.43. The highest BCUT2D eigenvalue weighted by Gasteiger charge is 2.14. The fraction of sp³-hybridized carbons (Fsp3) is 0.286. The number of aromatic nitrogens is 2. The fourth-order valence-electron chi connectivity index (χ4n) is 1.62. The van der Waals surface area contributed by atoms with Gasteiger partial charge in [-0.15, -0.1) is 0 Å². The highest BCUT2D eigenvalue weighted by Crippen LogP contribution is 2.23. The summed E-state index contributed by atoms with van der Waals surface area (Å²) in [6, 6.07) is 3.73. The molecule has 0 amide bonds. The Kier molecular flexibility index (Phi) is 4.62. The van der Waals surface area contributed by atoms with Gasteiger partial charge in [-0.25, -0.2) is 23.1 Å². The van der Waals surface area contributed by atoms with Gasteiger partial charge in [0.05, 0.1) is 5.69 Å². The van der Waals surface area contributed by atoms with Crippen molar-refractivity contribution in [2.45, 2.75) is 26.3 Å². The van der Waals surface area contributed by atoms with Crippen molar-refractivity contribution in [3.05, 3.63) is 42.0 Å². The van der Waals surface area contributed by atoms with Crippen molar-refractivity contribution >= 4 is 17.3 Å². The molecule has 0 spiro atoms. The average molecular weight is 296 g/mol. The molecule has 21 heavy (non-hydrogen) atoms. The molecular weight excluding hydrogens is 281 g/mol. The van der Waals surface area contributed by atoms with Crippen LogP contribution >= 0.6 is 0 Å². The summed E-state index contributed by atoms with van der Waals surface area (Å²) in [5.41, 5.74) is -0.193. The van der Waals surface area contributed by atoms with E-state index in [1.165, 1.54) is 6.33 Å². The maximum atomic E-state index is 13.6. The Labute approximate surface area is 120 Å². The van der Waals surface area contributed by atoms with Crippen LogP contribution in [0.2, 0.25) is 0 Å².